The molecule has 19 N–H and O–H groups in total. The number of unbranched alkanes of at least 4 members (excludes halogenated alkanes) is 1. The highest BCUT2D eigenvalue weighted by molar-refractivity contribution is 7.98. The van der Waals surface area contributed by atoms with Crippen molar-refractivity contribution in [2.75, 3.05) is 44.9 Å². The average molecular weight is 1000 g/mol. The number of hydrogen-bond donors (Lipinski definition) is 15. The molecule has 0 radical (unpaired) electrons. The summed E-state index contributed by atoms with van der Waals surface area (Å²) in [7, 11) is 0. The number of aliphatic hydroxyl groups excluding tert-OH is 3. The maximum Gasteiger partial charge on any atom is 0.245 e. The van der Waals surface area contributed by atoms with Gasteiger partial charge in [0.15, 0.2) is 5.96 Å². The first-order valence-electron chi connectivity index (χ1n) is 22.7. The minimum Gasteiger partial charge on any atom is -0.394 e. The normalized spacial score (nSPS) is 17.6. The Morgan fingerprint density at radius 1 is 0.681 bits per heavy atom. The van der Waals surface area contributed by atoms with Crippen molar-refractivity contribution in [3.05, 3.63) is 0 Å². The molecular weight excluding hydrogens is 929 g/mol. The Morgan fingerprint density at radius 3 is 1.71 bits per heavy atom. The number of rotatable bonds is 32. The number of carbonyl (C=O) groups is 10. The third-order valence-electron chi connectivity index (χ3n) is 10.8. The molecule has 0 aromatic rings. The summed E-state index contributed by atoms with van der Waals surface area (Å²) in [6, 6.07) is -12.7. The fraction of sp³-hybridized carbons (Fsp3) is 0.732. The number of likely N-dealkylation sites (tertiary alicyclic amines) is 1. The molecule has 0 aliphatic carbocycles. The average Bonchev–Trinajstić information content (AvgIpc) is 3.81. The van der Waals surface area contributed by atoms with Gasteiger partial charge in [-0.3, -0.25) is 48.1 Å². The maximum atomic E-state index is 13.9. The minimum atomic E-state index is -1.61. The minimum absolute atomic E-state index is 0.0166. The zero-order valence-corrected chi connectivity index (χ0v) is 40.7. The number of aliphatic hydroxyl groups is 3. The van der Waals surface area contributed by atoms with Crippen LogP contribution >= 0.6 is 11.8 Å². The zero-order chi connectivity index (χ0) is 52.4. The lowest BCUT2D eigenvalue weighted by atomic mass is 10.1. The Bertz CT molecular complexity index is 1780. The first kappa shape index (κ1) is 61.3. The Hall–Kier alpha value is -5.68. The van der Waals surface area contributed by atoms with E-state index in [-0.39, 0.29) is 51.2 Å². The standard InChI is InChI=1S/C41H74N14O13S/c1-21(48-34(62)26(10-6-7-14-42)53-39(67)31(43)24(4)59)32(60)47-22(2)33(61)51-27(11-8-15-46-41(44)45)35(63)52-28(13-17-69-5)36(64)54-29(20-58)37(65)49-23(3)40(68)55-16-9-12-30(55)38(66)50-25(18-56)19-57/h18,21-31,57-59H,6-17,19-20,42-43H2,1-5H3,(H,47,60)(H,48,62)(H,49,65)(H,50,66)(H,51,61)(H,52,63)(H,53,67)(H,54,64)(H4,44,45,46)/t21-,22-,23-,24+,25+,26-,27-,28-,29-,30-,31-/m0/s1. The number of hydrogen-bond acceptors (Lipinski definition) is 17. The van der Waals surface area contributed by atoms with Crippen molar-refractivity contribution in [2.24, 2.45) is 27.9 Å². The molecule has 1 saturated heterocycles. The fourth-order valence-corrected chi connectivity index (χ4v) is 7.14. The van der Waals surface area contributed by atoms with E-state index in [0.29, 0.717) is 37.8 Å². The van der Waals surface area contributed by atoms with Gasteiger partial charge in [0.05, 0.1) is 19.3 Å². The SMILES string of the molecule is CSCC[C@H](NC(=O)[C@H](CCCN=C(N)N)NC(=O)[C@H](C)NC(=O)[C@H](C)NC(=O)[C@H](CCCCN)NC(=O)[C@@H](N)[C@@H](C)O)C(=O)N[C@@H](CO)C(=O)N[C@@H](C)C(=O)N1CCC[C@H]1C(=O)N[C@H](C=O)CO. The van der Waals surface area contributed by atoms with Gasteiger partial charge in [-0.15, -0.1) is 0 Å². The van der Waals surface area contributed by atoms with Crippen LogP contribution in [0, 0.1) is 0 Å². The van der Waals surface area contributed by atoms with Crippen LogP contribution in [0.2, 0.25) is 0 Å². The highest BCUT2D eigenvalue weighted by Gasteiger charge is 2.38. The molecule has 9 amide bonds. The topological polar surface area (TPSA) is 447 Å². The van der Waals surface area contributed by atoms with E-state index in [2.05, 4.69) is 47.5 Å². The first-order chi connectivity index (χ1) is 32.6. The molecule has 0 aromatic heterocycles. The molecule has 392 valence electrons. The summed E-state index contributed by atoms with van der Waals surface area (Å²) in [6.07, 6.45) is 2.80. The third kappa shape index (κ3) is 21.7. The first-order valence-corrected chi connectivity index (χ1v) is 24.0. The summed E-state index contributed by atoms with van der Waals surface area (Å²) >= 11 is 1.33. The molecule has 1 aliphatic heterocycles. The van der Waals surface area contributed by atoms with Gasteiger partial charge in [0.2, 0.25) is 53.2 Å². The van der Waals surface area contributed by atoms with Gasteiger partial charge in [0.1, 0.15) is 66.7 Å². The third-order valence-corrected chi connectivity index (χ3v) is 11.4. The van der Waals surface area contributed by atoms with Crippen LogP contribution in [0.3, 0.4) is 0 Å². The van der Waals surface area contributed by atoms with Crippen LogP contribution < -0.4 is 65.5 Å². The van der Waals surface area contributed by atoms with Crippen LogP contribution in [-0.4, -0.2) is 197 Å². The summed E-state index contributed by atoms with van der Waals surface area (Å²) in [5.74, 6) is -7.13. The van der Waals surface area contributed by atoms with E-state index in [1.807, 2.05) is 0 Å². The number of carbonyl (C=O) groups excluding carboxylic acids is 10. The van der Waals surface area contributed by atoms with Gasteiger partial charge in [0, 0.05) is 13.1 Å². The molecule has 0 unspecified atom stereocenters. The van der Waals surface area contributed by atoms with Crippen molar-refractivity contribution in [3.63, 3.8) is 0 Å². The van der Waals surface area contributed by atoms with E-state index >= 15 is 0 Å². The van der Waals surface area contributed by atoms with Gasteiger partial charge in [-0.2, -0.15) is 11.8 Å². The van der Waals surface area contributed by atoms with Crippen molar-refractivity contribution in [1.82, 2.24) is 47.4 Å². The van der Waals surface area contributed by atoms with Crippen LogP contribution in [0.4, 0.5) is 0 Å². The summed E-state index contributed by atoms with van der Waals surface area (Å²) in [6.45, 7) is 4.26. The molecule has 0 saturated carbocycles. The summed E-state index contributed by atoms with van der Waals surface area (Å²) < 4.78 is 0. The molecule has 1 heterocycles. The predicted octanol–water partition coefficient (Wildman–Crippen LogP) is -7.26. The largest absolute Gasteiger partial charge is 0.394 e. The van der Waals surface area contributed by atoms with Crippen LogP contribution in [0.5, 0.6) is 0 Å². The van der Waals surface area contributed by atoms with Crippen molar-refractivity contribution >= 4 is 77.2 Å². The number of amides is 9. The van der Waals surface area contributed by atoms with Gasteiger partial charge >= 0.3 is 0 Å². The van der Waals surface area contributed by atoms with E-state index < -0.39 is 133 Å². The number of aliphatic imine (C=N–C) groups is 1. The Labute approximate surface area is 405 Å². The van der Waals surface area contributed by atoms with Crippen molar-refractivity contribution < 1.29 is 63.3 Å². The molecule has 1 rings (SSSR count). The van der Waals surface area contributed by atoms with E-state index in [9.17, 15) is 63.3 Å². The predicted molar refractivity (Wildman–Crippen MR) is 253 cm³/mol. The zero-order valence-electron chi connectivity index (χ0n) is 39.9. The molecule has 11 atom stereocenters. The lowest BCUT2D eigenvalue weighted by Gasteiger charge is -2.29. The van der Waals surface area contributed by atoms with Crippen LogP contribution in [0.25, 0.3) is 0 Å². The fourth-order valence-electron chi connectivity index (χ4n) is 6.67. The van der Waals surface area contributed by atoms with E-state index in [0.717, 1.165) is 0 Å². The highest BCUT2D eigenvalue weighted by Crippen LogP contribution is 2.19. The second-order valence-electron chi connectivity index (χ2n) is 16.5. The molecular formula is C41H74N14O13S. The van der Waals surface area contributed by atoms with E-state index in [4.69, 9.17) is 22.9 Å². The number of nitrogens with one attached hydrogen (secondary N) is 8. The van der Waals surface area contributed by atoms with E-state index in [1.165, 1.54) is 44.4 Å². The highest BCUT2D eigenvalue weighted by atomic mass is 32.2. The second kappa shape index (κ2) is 32.2. The van der Waals surface area contributed by atoms with Crippen molar-refractivity contribution in [3.8, 4) is 0 Å². The number of aldehydes is 1. The monoisotopic (exact) mass is 1000 g/mol. The molecule has 0 spiro atoms. The molecule has 28 heteroatoms. The number of guanidine groups is 1. The quantitative estimate of drug-likeness (QED) is 0.0129. The van der Waals surface area contributed by atoms with Gasteiger partial charge in [-0.1, -0.05) is 0 Å². The summed E-state index contributed by atoms with van der Waals surface area (Å²) in [5, 5.41) is 48.8. The van der Waals surface area contributed by atoms with Crippen LogP contribution in [0.1, 0.15) is 79.1 Å². The Morgan fingerprint density at radius 2 is 1.17 bits per heavy atom. The van der Waals surface area contributed by atoms with Crippen LogP contribution in [-0.2, 0) is 47.9 Å². The number of nitrogens with two attached hydrogens (primary N) is 4. The molecule has 0 aromatic carbocycles. The molecule has 0 bridgehead atoms. The van der Waals surface area contributed by atoms with Gasteiger partial charge in [-0.25, -0.2) is 0 Å². The van der Waals surface area contributed by atoms with E-state index in [1.54, 1.807) is 6.26 Å². The van der Waals surface area contributed by atoms with Crippen molar-refractivity contribution in [1.29, 1.82) is 0 Å². The second-order valence-corrected chi connectivity index (χ2v) is 17.5. The molecule has 69 heavy (non-hydrogen) atoms. The summed E-state index contributed by atoms with van der Waals surface area (Å²) in [5.41, 5.74) is 22.2. The van der Waals surface area contributed by atoms with Gasteiger partial charge < -0.3 is 90.5 Å². The Balaban J connectivity index is 3.13. The molecule has 1 aliphatic rings. The van der Waals surface area contributed by atoms with Gasteiger partial charge in [-0.05, 0) is 97.6 Å². The molecule has 1 fully saturated rings. The Kier molecular flexibility index (Phi) is 28.6. The smallest absolute Gasteiger partial charge is 0.245 e. The summed E-state index contributed by atoms with van der Waals surface area (Å²) in [4.78, 5) is 136. The number of nitrogens with zero attached hydrogens (tertiary/aromatic N) is 2. The lowest BCUT2D eigenvalue weighted by molar-refractivity contribution is -0.142. The van der Waals surface area contributed by atoms with Crippen molar-refractivity contribution in [2.45, 2.75) is 146 Å². The molecule has 27 nitrogen and oxygen atoms in total. The van der Waals surface area contributed by atoms with Crippen LogP contribution in [0.15, 0.2) is 4.99 Å². The van der Waals surface area contributed by atoms with Gasteiger partial charge in [0.25, 0.3) is 0 Å². The lowest BCUT2D eigenvalue weighted by Crippen LogP contribution is -2.60. The maximum absolute atomic E-state index is 13.9. The number of thioether (sulfide) groups is 1.